The highest BCUT2D eigenvalue weighted by Gasteiger charge is 2.09. The van der Waals surface area contributed by atoms with Crippen LogP contribution in [0, 0.1) is 0 Å². The molecule has 1 heterocycles. The van der Waals surface area contributed by atoms with E-state index in [9.17, 15) is 0 Å². The highest BCUT2D eigenvalue weighted by Crippen LogP contribution is 2.06. The van der Waals surface area contributed by atoms with Gasteiger partial charge in [0.1, 0.15) is 5.16 Å². The molecule has 0 radical (unpaired) electrons. The number of hydrazone groups is 1. The fourth-order valence-electron chi connectivity index (χ4n) is 0.528. The molecule has 11 heavy (non-hydrogen) atoms. The van der Waals surface area contributed by atoms with Gasteiger partial charge >= 0.3 is 6.21 Å². The molecule has 1 N–H and O–H groups in total. The van der Waals surface area contributed by atoms with Crippen molar-refractivity contribution in [3.05, 3.63) is 16.8 Å². The maximum atomic E-state index is 8.13. The van der Waals surface area contributed by atoms with E-state index in [0.717, 1.165) is 10.9 Å². The van der Waals surface area contributed by atoms with Gasteiger partial charge in [-0.15, -0.1) is 9.74 Å². The third-order valence-corrected chi connectivity index (χ3v) is 1.22. The van der Waals surface area contributed by atoms with E-state index in [1.54, 1.807) is 0 Å². The van der Waals surface area contributed by atoms with E-state index in [1.807, 2.05) is 0 Å². The lowest BCUT2D eigenvalue weighted by atomic mass is 10.4. The summed E-state index contributed by atoms with van der Waals surface area (Å²) in [7, 11) is 0. The molecule has 0 bridgehead atoms. The zero-order valence-corrected chi connectivity index (χ0v) is 6.71. The van der Waals surface area contributed by atoms with E-state index in [1.165, 1.54) is 6.08 Å². The highest BCUT2D eigenvalue weighted by molar-refractivity contribution is 6.39. The fourth-order valence-corrected chi connectivity index (χ4v) is 0.941. The monoisotopic (exact) mass is 191 g/mol. The third kappa shape index (κ3) is 2.23. The van der Waals surface area contributed by atoms with Crippen LogP contribution < -0.4 is 5.43 Å². The first-order valence-electron chi connectivity index (χ1n) is 2.58. The number of hydrogen-bond donors (Lipinski definition) is 1. The summed E-state index contributed by atoms with van der Waals surface area (Å²) < 4.78 is 0.888. The molecule has 0 saturated heterocycles. The molecule has 0 aromatic rings. The number of allylic oxidation sites excluding steroid dienone is 1. The zero-order chi connectivity index (χ0) is 8.27. The van der Waals surface area contributed by atoms with Crippen LogP contribution in [0.1, 0.15) is 0 Å². The van der Waals surface area contributed by atoms with Gasteiger partial charge in [-0.25, -0.2) is 0 Å². The van der Waals surface area contributed by atoms with Gasteiger partial charge in [-0.3, -0.25) is 5.43 Å². The van der Waals surface area contributed by atoms with E-state index < -0.39 is 0 Å². The van der Waals surface area contributed by atoms with Crippen molar-refractivity contribution in [1.29, 1.82) is 0 Å². The Kier molecular flexibility index (Phi) is 2.48. The van der Waals surface area contributed by atoms with Crippen molar-refractivity contribution >= 4 is 35.3 Å². The van der Waals surface area contributed by atoms with Crippen molar-refractivity contribution < 1.29 is 4.79 Å². The molecule has 0 spiro atoms. The molecule has 0 aliphatic carbocycles. The molecule has 0 atom stereocenters. The molecule has 7 heteroatoms. The number of rotatable bonds is 1. The van der Waals surface area contributed by atoms with E-state index >= 15 is 0 Å². The summed E-state index contributed by atoms with van der Waals surface area (Å²) in [4.78, 5) is 2.76. The van der Waals surface area contributed by atoms with Gasteiger partial charge in [0.05, 0.1) is 11.8 Å². The number of nitrogens with one attached hydrogen (secondary N) is 1. The molecule has 5 nitrogen and oxygen atoms in total. The van der Waals surface area contributed by atoms with Gasteiger partial charge in [-0.05, 0) is 0 Å². The number of nitrogens with zero attached hydrogens (tertiary/aromatic N) is 4. The van der Waals surface area contributed by atoms with Crippen LogP contribution >= 0.6 is 23.4 Å². The molecule has 1 aliphatic rings. The van der Waals surface area contributed by atoms with Gasteiger partial charge in [-0.1, -0.05) is 11.6 Å². The number of hydrogen-bond acceptors (Lipinski definition) is 3. The molecule has 0 unspecified atom stereocenters. The quantitative estimate of drug-likeness (QED) is 0.218. The van der Waals surface area contributed by atoms with Gasteiger partial charge in [0, 0.05) is 6.08 Å². The Hall–Kier alpha value is -1.03. The van der Waals surface area contributed by atoms with Crippen LogP contribution in [0.4, 0.5) is 0 Å². The Morgan fingerprint density at radius 3 is 3.09 bits per heavy atom. The minimum absolute atomic E-state index is 0.296. The van der Waals surface area contributed by atoms with E-state index in [-0.39, 0.29) is 0 Å². The predicted molar refractivity (Wildman–Crippen MR) is 41.9 cm³/mol. The minimum atomic E-state index is 0.296. The second-order valence-electron chi connectivity index (χ2n) is 1.63. The largest absolute Gasteiger partial charge is 0.361 e. The first kappa shape index (κ1) is 8.07. The zero-order valence-electron chi connectivity index (χ0n) is 5.20. The second-order valence-corrected chi connectivity index (χ2v) is 2.36. The average Bonchev–Trinajstić information content (AvgIpc) is 1.85. The fraction of sp³-hybridized carbons (Fsp3) is 0. The van der Waals surface area contributed by atoms with Crippen LogP contribution in [-0.4, -0.2) is 21.4 Å². The molecular formula is C4H3Cl2N5. The molecule has 0 amide bonds. The lowest BCUT2D eigenvalue weighted by molar-refractivity contribution is 0.00653. The van der Waals surface area contributed by atoms with Crippen molar-refractivity contribution in [2.24, 2.45) is 5.10 Å². The number of hydrazine groups is 1. The van der Waals surface area contributed by atoms with Crippen molar-refractivity contribution in [2.45, 2.75) is 0 Å². The smallest absolute Gasteiger partial charge is 0.308 e. The van der Waals surface area contributed by atoms with Gasteiger partial charge in [0.2, 0.25) is 0 Å². The standard InChI is InChI=1S/C4H3Cl2N5/c5-4-1-3(2-8-7)9-11(6)10-4/h1-2,10H. The van der Waals surface area contributed by atoms with Gasteiger partial charge < -0.3 is 5.53 Å². The topological polar surface area (TPSA) is 64.0 Å². The summed E-state index contributed by atoms with van der Waals surface area (Å²) in [6.07, 6.45) is 2.57. The Morgan fingerprint density at radius 1 is 1.82 bits per heavy atom. The second kappa shape index (κ2) is 3.39. The lowest BCUT2D eigenvalue weighted by Gasteiger charge is -2.14. The molecular weight excluding hydrogens is 189 g/mol. The van der Waals surface area contributed by atoms with Crippen molar-refractivity contribution in [3.8, 4) is 0 Å². The third-order valence-electron chi connectivity index (χ3n) is 0.867. The first-order chi connectivity index (χ1) is 5.22. The van der Waals surface area contributed by atoms with Gasteiger partial charge in [-0.2, -0.15) is 4.79 Å². The van der Waals surface area contributed by atoms with E-state index in [2.05, 4.69) is 15.3 Å². The Morgan fingerprint density at radius 2 is 2.55 bits per heavy atom. The van der Waals surface area contributed by atoms with Crippen molar-refractivity contribution in [3.63, 3.8) is 0 Å². The van der Waals surface area contributed by atoms with Crippen molar-refractivity contribution in [2.75, 3.05) is 0 Å². The van der Waals surface area contributed by atoms with Crippen LogP contribution in [0.5, 0.6) is 0 Å². The molecule has 0 fully saturated rings. The van der Waals surface area contributed by atoms with E-state index in [4.69, 9.17) is 28.9 Å². The summed E-state index contributed by atoms with van der Waals surface area (Å²) in [6, 6.07) is 0. The first-order valence-corrected chi connectivity index (χ1v) is 3.30. The van der Waals surface area contributed by atoms with Crippen LogP contribution in [-0.2, 0) is 0 Å². The van der Waals surface area contributed by atoms with Gasteiger partial charge in [0.15, 0.2) is 5.71 Å². The molecule has 0 saturated carbocycles. The van der Waals surface area contributed by atoms with E-state index in [0.29, 0.717) is 10.9 Å². The Labute approximate surface area is 72.6 Å². The van der Waals surface area contributed by atoms with Crippen LogP contribution in [0.2, 0.25) is 0 Å². The molecule has 1 aliphatic heterocycles. The van der Waals surface area contributed by atoms with Crippen molar-refractivity contribution in [1.82, 2.24) is 10.1 Å². The SMILES string of the molecule is [N-]=[N+]=CC1=NN(Cl)NC(Cl)=C1. The molecule has 58 valence electrons. The molecule has 0 aromatic carbocycles. The predicted octanol–water partition coefficient (Wildman–Crippen LogP) is 0.697. The Balaban J connectivity index is 2.86. The number of halogens is 2. The maximum absolute atomic E-state index is 8.13. The summed E-state index contributed by atoms with van der Waals surface area (Å²) in [5.41, 5.74) is 10.9. The van der Waals surface area contributed by atoms with Gasteiger partial charge in [0.25, 0.3) is 0 Å². The Bertz CT molecular complexity index is 264. The normalized spacial score (nSPS) is 16.0. The minimum Gasteiger partial charge on any atom is -0.361 e. The highest BCUT2D eigenvalue weighted by atomic mass is 35.5. The van der Waals surface area contributed by atoms with Crippen LogP contribution in [0.15, 0.2) is 16.3 Å². The molecule has 1 rings (SSSR count). The summed E-state index contributed by atoms with van der Waals surface area (Å²) in [5.74, 6) is 0. The molecule has 0 aromatic heterocycles. The summed E-state index contributed by atoms with van der Waals surface area (Å²) >= 11 is 10.9. The summed E-state index contributed by atoms with van der Waals surface area (Å²) in [6.45, 7) is 0. The summed E-state index contributed by atoms with van der Waals surface area (Å²) in [5, 5.41) is 3.95. The lowest BCUT2D eigenvalue weighted by Crippen LogP contribution is -2.28. The maximum Gasteiger partial charge on any atom is 0.308 e. The van der Waals surface area contributed by atoms with Crippen LogP contribution in [0.3, 0.4) is 0 Å². The van der Waals surface area contributed by atoms with Crippen LogP contribution in [0.25, 0.3) is 5.53 Å². The average molecular weight is 192 g/mol.